The SMILES string of the molecule is CCN1CC=C(c2csc3ccc(NC=O)cc23)CC1. The smallest absolute Gasteiger partial charge is 0.211 e. The molecule has 3 nitrogen and oxygen atoms in total. The lowest BCUT2D eigenvalue weighted by molar-refractivity contribution is -0.105. The molecule has 0 radical (unpaired) electrons. The summed E-state index contributed by atoms with van der Waals surface area (Å²) < 4.78 is 1.27. The van der Waals surface area contributed by atoms with E-state index in [0.717, 1.165) is 38.2 Å². The van der Waals surface area contributed by atoms with Crippen molar-refractivity contribution in [3.05, 3.63) is 35.2 Å². The third kappa shape index (κ3) is 2.49. The second kappa shape index (κ2) is 5.77. The van der Waals surface area contributed by atoms with Crippen LogP contribution in [0.25, 0.3) is 15.7 Å². The van der Waals surface area contributed by atoms with E-state index in [4.69, 9.17) is 0 Å². The van der Waals surface area contributed by atoms with E-state index < -0.39 is 0 Å². The highest BCUT2D eigenvalue weighted by atomic mass is 32.1. The maximum absolute atomic E-state index is 10.6. The van der Waals surface area contributed by atoms with Gasteiger partial charge in [0.05, 0.1) is 0 Å². The van der Waals surface area contributed by atoms with E-state index in [1.165, 1.54) is 21.2 Å². The lowest BCUT2D eigenvalue weighted by atomic mass is 9.98. The van der Waals surface area contributed by atoms with Crippen LogP contribution in [0.5, 0.6) is 0 Å². The Hall–Kier alpha value is -1.65. The maximum Gasteiger partial charge on any atom is 0.211 e. The number of benzene rings is 1. The number of amides is 1. The van der Waals surface area contributed by atoms with E-state index in [-0.39, 0.29) is 0 Å². The molecule has 1 aliphatic rings. The molecule has 1 amide bonds. The summed E-state index contributed by atoms with van der Waals surface area (Å²) in [6, 6.07) is 6.10. The van der Waals surface area contributed by atoms with Gasteiger partial charge in [-0.1, -0.05) is 13.0 Å². The number of rotatable bonds is 4. The molecule has 0 saturated carbocycles. The normalized spacial score (nSPS) is 16.1. The molecule has 0 atom stereocenters. The molecule has 2 heterocycles. The Balaban J connectivity index is 1.97. The summed E-state index contributed by atoms with van der Waals surface area (Å²) in [4.78, 5) is 13.0. The summed E-state index contributed by atoms with van der Waals surface area (Å²) in [6.07, 6.45) is 4.17. The molecule has 4 heteroatoms. The highest BCUT2D eigenvalue weighted by Gasteiger charge is 2.14. The van der Waals surface area contributed by atoms with Gasteiger partial charge in [0, 0.05) is 28.9 Å². The minimum Gasteiger partial charge on any atom is -0.329 e. The van der Waals surface area contributed by atoms with Gasteiger partial charge in [-0.2, -0.15) is 0 Å². The van der Waals surface area contributed by atoms with E-state index in [1.54, 1.807) is 11.3 Å². The summed E-state index contributed by atoms with van der Waals surface area (Å²) in [5, 5.41) is 6.22. The van der Waals surface area contributed by atoms with Gasteiger partial charge in [-0.25, -0.2) is 0 Å². The Morgan fingerprint density at radius 3 is 3.05 bits per heavy atom. The van der Waals surface area contributed by atoms with Crippen LogP contribution in [-0.4, -0.2) is 30.9 Å². The quantitative estimate of drug-likeness (QED) is 0.871. The highest BCUT2D eigenvalue weighted by molar-refractivity contribution is 7.17. The molecule has 3 rings (SSSR count). The second-order valence-electron chi connectivity index (χ2n) is 5.00. The van der Waals surface area contributed by atoms with Crippen molar-refractivity contribution in [3.63, 3.8) is 0 Å². The summed E-state index contributed by atoms with van der Waals surface area (Å²) >= 11 is 1.77. The van der Waals surface area contributed by atoms with Gasteiger partial charge in [0.2, 0.25) is 6.41 Å². The first-order valence-corrected chi connectivity index (χ1v) is 7.83. The molecule has 20 heavy (non-hydrogen) atoms. The molecule has 0 bridgehead atoms. The topological polar surface area (TPSA) is 32.3 Å². The van der Waals surface area contributed by atoms with E-state index in [9.17, 15) is 4.79 Å². The van der Waals surface area contributed by atoms with Gasteiger partial charge in [0.1, 0.15) is 0 Å². The molecule has 1 N–H and O–H groups in total. The molecular formula is C16H18N2OS. The molecule has 1 aromatic heterocycles. The van der Waals surface area contributed by atoms with Crippen LogP contribution in [0, 0.1) is 0 Å². The first kappa shape index (κ1) is 13.3. The van der Waals surface area contributed by atoms with Gasteiger partial charge in [-0.15, -0.1) is 11.3 Å². The number of anilines is 1. The fraction of sp³-hybridized carbons (Fsp3) is 0.312. The van der Waals surface area contributed by atoms with Crippen molar-refractivity contribution >= 4 is 39.1 Å². The summed E-state index contributed by atoms with van der Waals surface area (Å²) in [5.74, 6) is 0. The largest absolute Gasteiger partial charge is 0.329 e. The van der Waals surface area contributed by atoms with Crippen LogP contribution in [0.2, 0.25) is 0 Å². The van der Waals surface area contributed by atoms with E-state index >= 15 is 0 Å². The van der Waals surface area contributed by atoms with Crippen molar-refractivity contribution in [2.75, 3.05) is 25.0 Å². The van der Waals surface area contributed by atoms with E-state index in [2.05, 4.69) is 40.7 Å². The van der Waals surface area contributed by atoms with Crippen molar-refractivity contribution < 1.29 is 4.79 Å². The van der Waals surface area contributed by atoms with Crippen molar-refractivity contribution in [1.29, 1.82) is 0 Å². The number of nitrogens with one attached hydrogen (secondary N) is 1. The van der Waals surface area contributed by atoms with Crippen LogP contribution in [0.4, 0.5) is 5.69 Å². The fourth-order valence-electron chi connectivity index (χ4n) is 2.68. The van der Waals surface area contributed by atoms with Gasteiger partial charge < -0.3 is 5.32 Å². The number of hydrogen-bond donors (Lipinski definition) is 1. The van der Waals surface area contributed by atoms with Crippen LogP contribution in [-0.2, 0) is 4.79 Å². The minimum absolute atomic E-state index is 0.728. The van der Waals surface area contributed by atoms with Gasteiger partial charge >= 0.3 is 0 Å². The third-order valence-corrected chi connectivity index (χ3v) is 4.85. The average molecular weight is 286 g/mol. The minimum atomic E-state index is 0.728. The van der Waals surface area contributed by atoms with Crippen molar-refractivity contribution in [1.82, 2.24) is 4.90 Å². The van der Waals surface area contributed by atoms with Crippen molar-refractivity contribution in [2.24, 2.45) is 0 Å². The number of hydrogen-bond acceptors (Lipinski definition) is 3. The first-order chi connectivity index (χ1) is 9.81. The Morgan fingerprint density at radius 2 is 2.35 bits per heavy atom. The maximum atomic E-state index is 10.6. The Morgan fingerprint density at radius 1 is 1.45 bits per heavy atom. The predicted octanol–water partition coefficient (Wildman–Crippen LogP) is 3.58. The zero-order valence-corrected chi connectivity index (χ0v) is 12.4. The number of fused-ring (bicyclic) bond motifs is 1. The van der Waals surface area contributed by atoms with E-state index in [0.29, 0.717) is 0 Å². The zero-order valence-electron chi connectivity index (χ0n) is 11.6. The van der Waals surface area contributed by atoms with Crippen LogP contribution in [0.15, 0.2) is 29.7 Å². The molecule has 0 unspecified atom stereocenters. The predicted molar refractivity (Wildman–Crippen MR) is 86.2 cm³/mol. The van der Waals surface area contributed by atoms with Gasteiger partial charge in [-0.05, 0) is 47.7 Å². The first-order valence-electron chi connectivity index (χ1n) is 6.95. The fourth-order valence-corrected chi connectivity index (χ4v) is 3.64. The molecule has 1 aliphatic heterocycles. The number of thiophene rings is 1. The van der Waals surface area contributed by atoms with Crippen LogP contribution in [0.1, 0.15) is 18.9 Å². The van der Waals surface area contributed by atoms with Crippen molar-refractivity contribution in [3.8, 4) is 0 Å². The van der Waals surface area contributed by atoms with Gasteiger partial charge in [-0.3, -0.25) is 9.69 Å². The number of likely N-dealkylation sites (N-methyl/N-ethyl adjacent to an activating group) is 1. The average Bonchev–Trinajstić information content (AvgIpc) is 2.91. The molecule has 1 aromatic carbocycles. The molecule has 0 spiro atoms. The standard InChI is InChI=1S/C16H18N2OS/c1-2-18-7-5-12(6-8-18)15-10-20-16-4-3-13(17-11-19)9-14(15)16/h3-5,9-11H,2,6-8H2,1H3,(H,17,19). The van der Waals surface area contributed by atoms with Crippen LogP contribution in [0.3, 0.4) is 0 Å². The molecule has 0 fully saturated rings. The summed E-state index contributed by atoms with van der Waals surface area (Å²) in [5.41, 5.74) is 3.62. The molecular weight excluding hydrogens is 268 g/mol. The highest BCUT2D eigenvalue weighted by Crippen LogP contribution is 2.35. The Labute approximate surface area is 122 Å². The molecule has 104 valence electrons. The van der Waals surface area contributed by atoms with E-state index in [1.807, 2.05) is 6.07 Å². The zero-order chi connectivity index (χ0) is 13.9. The summed E-state index contributed by atoms with van der Waals surface area (Å²) in [7, 11) is 0. The number of nitrogens with zero attached hydrogens (tertiary/aromatic N) is 1. The number of carbonyl (C=O) groups excluding carboxylic acids is 1. The second-order valence-corrected chi connectivity index (χ2v) is 5.91. The van der Waals surface area contributed by atoms with Crippen LogP contribution < -0.4 is 5.32 Å². The van der Waals surface area contributed by atoms with Gasteiger partial charge in [0.15, 0.2) is 0 Å². The van der Waals surface area contributed by atoms with Crippen LogP contribution >= 0.6 is 11.3 Å². The molecule has 0 saturated heterocycles. The summed E-state index contributed by atoms with van der Waals surface area (Å²) in [6.45, 7) is 5.49. The lowest BCUT2D eigenvalue weighted by Crippen LogP contribution is -2.27. The monoisotopic (exact) mass is 286 g/mol. The Kier molecular flexibility index (Phi) is 3.85. The number of carbonyl (C=O) groups is 1. The Bertz CT molecular complexity index is 660. The lowest BCUT2D eigenvalue weighted by Gasteiger charge is -2.24. The van der Waals surface area contributed by atoms with Crippen molar-refractivity contribution in [2.45, 2.75) is 13.3 Å². The van der Waals surface area contributed by atoms with Gasteiger partial charge in [0.25, 0.3) is 0 Å². The molecule has 2 aromatic rings. The molecule has 0 aliphatic carbocycles. The third-order valence-electron chi connectivity index (χ3n) is 3.89.